The predicted molar refractivity (Wildman–Crippen MR) is 138 cm³/mol. The van der Waals surface area contributed by atoms with Crippen LogP contribution in [0.4, 0.5) is 26.2 Å². The number of anilines is 3. The minimum absolute atomic E-state index is 0.202. The fourth-order valence-electron chi connectivity index (χ4n) is 4.44. The van der Waals surface area contributed by atoms with Crippen LogP contribution in [0.5, 0.6) is 0 Å². The number of halogens is 2. The second-order valence-corrected chi connectivity index (χ2v) is 8.85. The van der Waals surface area contributed by atoms with E-state index in [9.17, 15) is 8.78 Å². The van der Waals surface area contributed by atoms with Crippen molar-refractivity contribution in [2.24, 2.45) is 0 Å². The van der Waals surface area contributed by atoms with Crippen LogP contribution >= 0.6 is 0 Å². The van der Waals surface area contributed by atoms with E-state index >= 15 is 0 Å². The topological polar surface area (TPSA) is 139 Å². The number of alkyl halides is 2. The van der Waals surface area contributed by atoms with Gasteiger partial charge >= 0.3 is 6.55 Å². The Hall–Kier alpha value is -4.65. The molecule has 4 aromatic heterocycles. The lowest BCUT2D eigenvalue weighted by molar-refractivity contribution is 0.0566. The average molecular weight is 519 g/mol. The minimum atomic E-state index is -2.78. The molecular formula is C25H24F2N10O. The summed E-state index contributed by atoms with van der Waals surface area (Å²) < 4.78 is 34.4. The quantitative estimate of drug-likeness (QED) is 0.325. The number of hydrogen-bond donors (Lipinski definition) is 2. The van der Waals surface area contributed by atoms with E-state index in [2.05, 4.69) is 15.1 Å². The summed E-state index contributed by atoms with van der Waals surface area (Å²) >= 11 is 0. The van der Waals surface area contributed by atoms with Crippen LogP contribution in [0.25, 0.3) is 28.1 Å². The van der Waals surface area contributed by atoms with Gasteiger partial charge in [-0.2, -0.15) is 23.8 Å². The fraction of sp³-hybridized carbons (Fsp3) is 0.240. The molecule has 0 saturated carbocycles. The maximum Gasteiger partial charge on any atom is 0.333 e. The van der Waals surface area contributed by atoms with Gasteiger partial charge in [-0.05, 0) is 23.8 Å². The molecule has 13 heteroatoms. The third-order valence-corrected chi connectivity index (χ3v) is 6.30. The Labute approximate surface area is 215 Å². The SMILES string of the molecule is Nc1cccc(-c2ccc(Cc3nc4c(N)nc(N5CCOCC5)nc4n3-c3cnn(C(F)F)c3)cn2)c1. The summed E-state index contributed by atoms with van der Waals surface area (Å²) in [6.45, 7) is -0.466. The van der Waals surface area contributed by atoms with Crippen molar-refractivity contribution in [1.29, 1.82) is 0 Å². The van der Waals surface area contributed by atoms with Crippen LogP contribution in [0, 0.1) is 0 Å². The Kier molecular flexibility index (Phi) is 6.04. The summed E-state index contributed by atoms with van der Waals surface area (Å²) in [5, 5.41) is 3.81. The summed E-state index contributed by atoms with van der Waals surface area (Å²) in [5.74, 6) is 1.17. The highest BCUT2D eigenvalue weighted by atomic mass is 19.3. The molecule has 1 aliphatic rings. The van der Waals surface area contributed by atoms with Crippen molar-refractivity contribution in [2.45, 2.75) is 13.0 Å². The number of benzene rings is 1. The van der Waals surface area contributed by atoms with Crippen LogP contribution in [-0.4, -0.2) is 60.6 Å². The molecule has 0 bridgehead atoms. The van der Waals surface area contributed by atoms with Gasteiger partial charge < -0.3 is 21.1 Å². The van der Waals surface area contributed by atoms with Crippen molar-refractivity contribution in [1.82, 2.24) is 34.3 Å². The van der Waals surface area contributed by atoms with E-state index in [1.165, 1.54) is 12.4 Å². The Bertz CT molecular complexity index is 1590. The van der Waals surface area contributed by atoms with E-state index < -0.39 is 6.55 Å². The molecule has 6 rings (SSSR count). The summed E-state index contributed by atoms with van der Waals surface area (Å²) in [7, 11) is 0. The first-order valence-electron chi connectivity index (χ1n) is 12.0. The number of ether oxygens (including phenoxy) is 1. The monoisotopic (exact) mass is 518 g/mol. The number of rotatable bonds is 6. The van der Waals surface area contributed by atoms with Crippen molar-refractivity contribution in [3.8, 4) is 16.9 Å². The largest absolute Gasteiger partial charge is 0.399 e. The van der Waals surface area contributed by atoms with E-state index in [0.29, 0.717) is 71.7 Å². The predicted octanol–water partition coefficient (Wildman–Crippen LogP) is 3.06. The molecular weight excluding hydrogens is 494 g/mol. The zero-order valence-corrected chi connectivity index (χ0v) is 20.2. The van der Waals surface area contributed by atoms with Crippen LogP contribution in [0.15, 0.2) is 55.0 Å². The van der Waals surface area contributed by atoms with Crippen molar-refractivity contribution < 1.29 is 13.5 Å². The summed E-state index contributed by atoms with van der Waals surface area (Å²) in [4.78, 5) is 20.5. The molecule has 0 aliphatic carbocycles. The molecule has 11 nitrogen and oxygen atoms in total. The number of nitrogens with two attached hydrogens (primary N) is 2. The highest BCUT2D eigenvalue weighted by Gasteiger charge is 2.23. The third-order valence-electron chi connectivity index (χ3n) is 6.30. The molecule has 1 aromatic carbocycles. The van der Waals surface area contributed by atoms with Crippen LogP contribution in [0.3, 0.4) is 0 Å². The molecule has 0 atom stereocenters. The average Bonchev–Trinajstić information content (AvgIpc) is 3.55. The zero-order valence-electron chi connectivity index (χ0n) is 20.2. The first kappa shape index (κ1) is 23.7. The molecule has 4 N–H and O–H groups in total. The lowest BCUT2D eigenvalue weighted by Crippen LogP contribution is -2.37. The van der Waals surface area contributed by atoms with Crippen LogP contribution in [0.2, 0.25) is 0 Å². The Balaban J connectivity index is 1.42. The van der Waals surface area contributed by atoms with Gasteiger partial charge in [-0.15, -0.1) is 0 Å². The van der Waals surface area contributed by atoms with Gasteiger partial charge in [0.15, 0.2) is 17.0 Å². The third kappa shape index (κ3) is 4.47. The van der Waals surface area contributed by atoms with Crippen LogP contribution in [0.1, 0.15) is 17.9 Å². The van der Waals surface area contributed by atoms with Crippen LogP contribution in [-0.2, 0) is 11.2 Å². The van der Waals surface area contributed by atoms with E-state index in [-0.39, 0.29) is 5.82 Å². The number of nitrogen functional groups attached to an aromatic ring is 2. The Morgan fingerprint density at radius 1 is 1.00 bits per heavy atom. The maximum atomic E-state index is 13.4. The van der Waals surface area contributed by atoms with Crippen molar-refractivity contribution >= 4 is 28.6 Å². The molecule has 0 radical (unpaired) electrons. The molecule has 0 spiro atoms. The molecule has 0 amide bonds. The van der Waals surface area contributed by atoms with Gasteiger partial charge in [0.2, 0.25) is 5.95 Å². The van der Waals surface area contributed by atoms with Crippen LogP contribution < -0.4 is 16.4 Å². The summed E-state index contributed by atoms with van der Waals surface area (Å²) in [6, 6.07) is 11.3. The summed E-state index contributed by atoms with van der Waals surface area (Å²) in [5.41, 5.74) is 16.6. The Morgan fingerprint density at radius 2 is 1.84 bits per heavy atom. The number of fused-ring (bicyclic) bond motifs is 1. The first-order valence-corrected chi connectivity index (χ1v) is 12.0. The second kappa shape index (κ2) is 9.67. The number of morpholine rings is 1. The van der Waals surface area contributed by atoms with Gasteiger partial charge in [0.25, 0.3) is 0 Å². The fourth-order valence-corrected chi connectivity index (χ4v) is 4.44. The molecule has 5 aromatic rings. The number of aromatic nitrogens is 7. The van der Waals surface area contributed by atoms with Crippen molar-refractivity contribution in [2.75, 3.05) is 42.7 Å². The maximum absolute atomic E-state index is 13.4. The van der Waals surface area contributed by atoms with E-state index in [1.807, 2.05) is 41.3 Å². The number of hydrogen-bond acceptors (Lipinski definition) is 9. The molecule has 1 fully saturated rings. The molecule has 38 heavy (non-hydrogen) atoms. The molecule has 5 heterocycles. The molecule has 1 saturated heterocycles. The smallest absolute Gasteiger partial charge is 0.333 e. The van der Waals surface area contributed by atoms with Gasteiger partial charge in [0.1, 0.15) is 5.82 Å². The standard InChI is InChI=1S/C25H24F2N10O/c26-24(27)36-14-18(13-31-36)37-20(10-15-4-5-19(30-12-15)16-2-1-3-17(28)11-16)32-21-22(29)33-25(34-23(21)37)35-6-8-38-9-7-35/h1-5,11-14,24H,6-10,28H2,(H2,29,33,34). The Morgan fingerprint density at radius 3 is 2.55 bits per heavy atom. The number of nitrogens with zero attached hydrogens (tertiary/aromatic N) is 8. The summed E-state index contributed by atoms with van der Waals surface area (Å²) in [6.07, 6.45) is 4.69. The van der Waals surface area contributed by atoms with Crippen molar-refractivity contribution in [3.05, 3.63) is 66.4 Å². The van der Waals surface area contributed by atoms with E-state index in [4.69, 9.17) is 26.2 Å². The van der Waals surface area contributed by atoms with Gasteiger partial charge in [-0.1, -0.05) is 18.2 Å². The highest BCUT2D eigenvalue weighted by molar-refractivity contribution is 5.85. The number of imidazole rings is 1. The van der Waals surface area contributed by atoms with Gasteiger partial charge in [-0.3, -0.25) is 9.55 Å². The normalized spacial score (nSPS) is 14.0. The minimum Gasteiger partial charge on any atom is -0.399 e. The molecule has 0 unspecified atom stereocenters. The van der Waals surface area contributed by atoms with Gasteiger partial charge in [-0.25, -0.2) is 9.67 Å². The molecule has 1 aliphatic heterocycles. The highest BCUT2D eigenvalue weighted by Crippen LogP contribution is 2.28. The van der Waals surface area contributed by atoms with Gasteiger partial charge in [0, 0.05) is 37.0 Å². The zero-order chi connectivity index (χ0) is 26.2. The van der Waals surface area contributed by atoms with E-state index in [0.717, 1.165) is 16.8 Å². The second-order valence-electron chi connectivity index (χ2n) is 8.85. The number of pyridine rings is 1. The lowest BCUT2D eigenvalue weighted by atomic mass is 10.1. The first-order chi connectivity index (χ1) is 18.5. The van der Waals surface area contributed by atoms with Gasteiger partial charge in [0.05, 0.1) is 37.0 Å². The lowest BCUT2D eigenvalue weighted by Gasteiger charge is -2.26. The van der Waals surface area contributed by atoms with E-state index in [1.54, 1.807) is 10.8 Å². The molecule has 194 valence electrons. The van der Waals surface area contributed by atoms with Crippen molar-refractivity contribution in [3.63, 3.8) is 0 Å².